The summed E-state index contributed by atoms with van der Waals surface area (Å²) in [5.74, 6) is 3.95. The van der Waals surface area contributed by atoms with E-state index in [1.807, 2.05) is 0 Å². The van der Waals surface area contributed by atoms with Gasteiger partial charge in [0.05, 0.1) is 12.2 Å². The standard InChI is InChI=1S/C19H28O2/c1-18-7-5-12(20)9-11(18)3-4-13-14(18)6-8-19(2)15(13)10-16-17(19)21-16/h11,13-17H,3-10H2,1-2H3/t11-,13+,14-,15-,16-,17-,18-,19-/m0/s1. The van der Waals surface area contributed by atoms with Gasteiger partial charge in [0.2, 0.25) is 0 Å². The van der Waals surface area contributed by atoms with Gasteiger partial charge in [-0.2, -0.15) is 0 Å². The van der Waals surface area contributed by atoms with Gasteiger partial charge in [-0.3, -0.25) is 4.79 Å². The van der Waals surface area contributed by atoms with Gasteiger partial charge < -0.3 is 4.74 Å². The molecule has 4 saturated carbocycles. The molecule has 1 aliphatic heterocycles. The van der Waals surface area contributed by atoms with E-state index < -0.39 is 0 Å². The highest BCUT2D eigenvalue weighted by Crippen LogP contribution is 2.69. The summed E-state index contributed by atoms with van der Waals surface area (Å²) in [4.78, 5) is 11.9. The maximum Gasteiger partial charge on any atom is 0.133 e. The molecule has 5 aliphatic rings. The topological polar surface area (TPSA) is 29.6 Å². The lowest BCUT2D eigenvalue weighted by molar-refractivity contribution is -0.141. The molecule has 0 spiro atoms. The van der Waals surface area contributed by atoms with Crippen molar-refractivity contribution in [3.05, 3.63) is 0 Å². The number of fused-ring (bicyclic) bond motifs is 7. The number of carbonyl (C=O) groups is 1. The Morgan fingerprint density at radius 3 is 2.76 bits per heavy atom. The van der Waals surface area contributed by atoms with Crippen LogP contribution in [-0.4, -0.2) is 18.0 Å². The molecule has 0 N–H and O–H groups in total. The van der Waals surface area contributed by atoms with Gasteiger partial charge in [-0.05, 0) is 73.0 Å². The summed E-state index contributed by atoms with van der Waals surface area (Å²) in [6.45, 7) is 5.06. The van der Waals surface area contributed by atoms with Gasteiger partial charge in [0.1, 0.15) is 5.78 Å². The van der Waals surface area contributed by atoms with Crippen LogP contribution in [0.5, 0.6) is 0 Å². The summed E-state index contributed by atoms with van der Waals surface area (Å²) in [6.07, 6.45) is 10.9. The molecule has 5 rings (SSSR count). The molecule has 0 aromatic rings. The van der Waals surface area contributed by atoms with Crippen molar-refractivity contribution in [3.63, 3.8) is 0 Å². The monoisotopic (exact) mass is 288 g/mol. The fourth-order valence-corrected chi connectivity index (χ4v) is 7.34. The number of Topliss-reactive ketones (excluding diaryl/α,β-unsaturated/α-hetero) is 1. The molecular weight excluding hydrogens is 260 g/mol. The first-order valence-corrected chi connectivity index (χ1v) is 9.19. The molecule has 4 aliphatic carbocycles. The lowest BCUT2D eigenvalue weighted by atomic mass is 9.45. The second-order valence-electron chi connectivity index (χ2n) is 9.28. The highest BCUT2D eigenvalue weighted by molar-refractivity contribution is 5.79. The first-order chi connectivity index (χ1) is 10.0. The van der Waals surface area contributed by atoms with E-state index in [1.54, 1.807) is 0 Å². The normalized spacial score (nSPS) is 61.5. The first kappa shape index (κ1) is 13.1. The molecule has 0 aromatic carbocycles. The van der Waals surface area contributed by atoms with Crippen LogP contribution in [0.15, 0.2) is 0 Å². The predicted molar refractivity (Wildman–Crippen MR) is 80.8 cm³/mol. The molecule has 1 heterocycles. The Labute approximate surface area is 128 Å². The fourth-order valence-electron chi connectivity index (χ4n) is 7.34. The summed E-state index contributed by atoms with van der Waals surface area (Å²) in [6, 6.07) is 0. The van der Waals surface area contributed by atoms with Crippen molar-refractivity contribution in [2.45, 2.75) is 77.4 Å². The Morgan fingerprint density at radius 2 is 1.90 bits per heavy atom. The van der Waals surface area contributed by atoms with Crippen LogP contribution < -0.4 is 0 Å². The van der Waals surface area contributed by atoms with E-state index in [0.29, 0.717) is 34.7 Å². The zero-order valence-corrected chi connectivity index (χ0v) is 13.4. The number of epoxide rings is 1. The van der Waals surface area contributed by atoms with E-state index in [4.69, 9.17) is 4.74 Å². The lowest BCUT2D eigenvalue weighted by Crippen LogP contribution is -2.53. The van der Waals surface area contributed by atoms with E-state index in [-0.39, 0.29) is 0 Å². The van der Waals surface area contributed by atoms with E-state index >= 15 is 0 Å². The average molecular weight is 288 g/mol. The van der Waals surface area contributed by atoms with E-state index in [0.717, 1.165) is 30.6 Å². The predicted octanol–water partition coefficient (Wildman–Crippen LogP) is 3.98. The summed E-state index contributed by atoms with van der Waals surface area (Å²) in [7, 11) is 0. The van der Waals surface area contributed by atoms with E-state index in [1.165, 1.54) is 38.5 Å². The minimum Gasteiger partial charge on any atom is -0.369 e. The quantitative estimate of drug-likeness (QED) is 0.631. The molecule has 21 heavy (non-hydrogen) atoms. The largest absolute Gasteiger partial charge is 0.369 e. The van der Waals surface area contributed by atoms with Crippen LogP contribution in [-0.2, 0) is 9.53 Å². The third kappa shape index (κ3) is 1.56. The molecule has 2 nitrogen and oxygen atoms in total. The number of carbonyl (C=O) groups excluding carboxylic acids is 1. The molecule has 116 valence electrons. The van der Waals surface area contributed by atoms with Crippen molar-refractivity contribution in [3.8, 4) is 0 Å². The van der Waals surface area contributed by atoms with Crippen molar-refractivity contribution in [2.24, 2.45) is 34.5 Å². The van der Waals surface area contributed by atoms with Crippen LogP contribution in [0.25, 0.3) is 0 Å². The van der Waals surface area contributed by atoms with Crippen LogP contribution in [0, 0.1) is 34.5 Å². The van der Waals surface area contributed by atoms with Gasteiger partial charge in [-0.25, -0.2) is 0 Å². The molecule has 2 heteroatoms. The number of ether oxygens (including phenoxy) is 1. The number of ketones is 1. The number of hydrogen-bond acceptors (Lipinski definition) is 2. The Bertz CT molecular complexity index is 500. The molecule has 1 saturated heterocycles. The number of hydrogen-bond donors (Lipinski definition) is 0. The molecule has 0 unspecified atom stereocenters. The van der Waals surface area contributed by atoms with Crippen LogP contribution in [0.1, 0.15) is 65.2 Å². The maximum absolute atomic E-state index is 11.9. The first-order valence-electron chi connectivity index (χ1n) is 9.19. The minimum atomic E-state index is 0.464. The zero-order chi connectivity index (χ0) is 14.4. The highest BCUT2D eigenvalue weighted by Gasteiger charge is 2.68. The summed E-state index contributed by atoms with van der Waals surface area (Å²) >= 11 is 0. The third-order valence-electron chi connectivity index (χ3n) is 8.64. The lowest BCUT2D eigenvalue weighted by Gasteiger charge is -2.59. The van der Waals surface area contributed by atoms with Crippen molar-refractivity contribution in [1.29, 1.82) is 0 Å². The van der Waals surface area contributed by atoms with Gasteiger partial charge >= 0.3 is 0 Å². The molecular formula is C19H28O2. The van der Waals surface area contributed by atoms with Crippen molar-refractivity contribution < 1.29 is 9.53 Å². The summed E-state index contributed by atoms with van der Waals surface area (Å²) in [5, 5.41) is 0. The third-order valence-corrected chi connectivity index (χ3v) is 8.64. The van der Waals surface area contributed by atoms with Crippen LogP contribution in [0.4, 0.5) is 0 Å². The van der Waals surface area contributed by atoms with Gasteiger partial charge in [0, 0.05) is 12.8 Å². The summed E-state index contributed by atoms with van der Waals surface area (Å²) in [5.41, 5.74) is 0.950. The van der Waals surface area contributed by atoms with Gasteiger partial charge in [0.25, 0.3) is 0 Å². The average Bonchev–Trinajstić information content (AvgIpc) is 3.17. The van der Waals surface area contributed by atoms with E-state index in [9.17, 15) is 4.79 Å². The minimum absolute atomic E-state index is 0.464. The molecule has 0 aromatic heterocycles. The van der Waals surface area contributed by atoms with Gasteiger partial charge in [0.15, 0.2) is 0 Å². The number of rotatable bonds is 0. The second-order valence-corrected chi connectivity index (χ2v) is 9.28. The van der Waals surface area contributed by atoms with Crippen LogP contribution >= 0.6 is 0 Å². The second kappa shape index (κ2) is 3.93. The molecule has 5 fully saturated rings. The van der Waals surface area contributed by atoms with Gasteiger partial charge in [-0.15, -0.1) is 0 Å². The smallest absolute Gasteiger partial charge is 0.133 e. The van der Waals surface area contributed by atoms with Crippen molar-refractivity contribution in [2.75, 3.05) is 0 Å². The SMILES string of the molecule is C[C@]12CCC(=O)C[C@@H]1CC[C@@H]1[C@@H]2CC[C@@]2(C)[C@H]1C[C@@H]1O[C@@H]12. The molecule has 8 atom stereocenters. The Balaban J connectivity index is 1.47. The van der Waals surface area contributed by atoms with Crippen LogP contribution in [0.3, 0.4) is 0 Å². The Morgan fingerprint density at radius 1 is 1.05 bits per heavy atom. The zero-order valence-electron chi connectivity index (χ0n) is 13.4. The Kier molecular flexibility index (Phi) is 2.45. The molecule has 0 bridgehead atoms. The maximum atomic E-state index is 11.9. The van der Waals surface area contributed by atoms with Crippen molar-refractivity contribution >= 4 is 5.78 Å². The van der Waals surface area contributed by atoms with Crippen molar-refractivity contribution in [1.82, 2.24) is 0 Å². The van der Waals surface area contributed by atoms with E-state index in [2.05, 4.69) is 13.8 Å². The summed E-state index contributed by atoms with van der Waals surface area (Å²) < 4.78 is 5.91. The van der Waals surface area contributed by atoms with Gasteiger partial charge in [-0.1, -0.05) is 13.8 Å². The Hall–Kier alpha value is -0.370. The fraction of sp³-hybridized carbons (Fsp3) is 0.947. The molecule has 0 radical (unpaired) electrons. The highest BCUT2D eigenvalue weighted by atomic mass is 16.6. The van der Waals surface area contributed by atoms with Crippen LogP contribution in [0.2, 0.25) is 0 Å². The molecule has 0 amide bonds.